The maximum atomic E-state index is 4.73. The molecule has 1 saturated heterocycles. The van der Waals surface area contributed by atoms with Crippen molar-refractivity contribution in [1.29, 1.82) is 0 Å². The summed E-state index contributed by atoms with van der Waals surface area (Å²) in [6.45, 7) is 1.15. The molecular weight excluding hydrogens is 184 g/mol. The van der Waals surface area contributed by atoms with Crippen LogP contribution in [0, 0.1) is 0 Å². The predicted octanol–water partition coefficient (Wildman–Crippen LogP) is 2.93. The van der Waals surface area contributed by atoms with Gasteiger partial charge in [-0.1, -0.05) is 38.5 Å². The zero-order valence-corrected chi connectivity index (χ0v) is 8.70. The summed E-state index contributed by atoms with van der Waals surface area (Å²) in [5, 5.41) is 8.71. The van der Waals surface area contributed by atoms with E-state index >= 15 is 0 Å². The normalized spacial score (nSPS) is 24.0. The first kappa shape index (κ1) is 11.9. The highest BCUT2D eigenvalue weighted by molar-refractivity contribution is 4.46. The Labute approximate surface area is 85.3 Å². The Hall–Kier alpha value is -0.160. The highest BCUT2D eigenvalue weighted by Crippen LogP contribution is 2.09. The van der Waals surface area contributed by atoms with Crippen LogP contribution in [0.1, 0.15) is 51.4 Å². The number of hydrogen-bond acceptors (Lipinski definition) is 4. The summed E-state index contributed by atoms with van der Waals surface area (Å²) in [4.78, 5) is 9.46. The molecule has 1 rings (SSSR count). The smallest absolute Gasteiger partial charge is 0.0854 e. The molecule has 0 spiro atoms. The lowest BCUT2D eigenvalue weighted by molar-refractivity contribution is -0.634. The molecular formula is C10H20O4. The Morgan fingerprint density at radius 3 is 1.21 bits per heavy atom. The van der Waals surface area contributed by atoms with Gasteiger partial charge in [0.25, 0.3) is 0 Å². The van der Waals surface area contributed by atoms with Crippen LogP contribution in [0.15, 0.2) is 0 Å². The van der Waals surface area contributed by atoms with E-state index in [4.69, 9.17) is 9.78 Å². The van der Waals surface area contributed by atoms with Gasteiger partial charge in [-0.2, -0.15) is 0 Å². The van der Waals surface area contributed by atoms with Crippen molar-refractivity contribution in [2.24, 2.45) is 0 Å². The first-order valence-corrected chi connectivity index (χ1v) is 5.58. The molecule has 4 nitrogen and oxygen atoms in total. The maximum Gasteiger partial charge on any atom is 0.0854 e. The van der Waals surface area contributed by atoms with Gasteiger partial charge in [-0.05, 0) is 22.9 Å². The zero-order chi connectivity index (χ0) is 9.90. The summed E-state index contributed by atoms with van der Waals surface area (Å²) >= 11 is 0. The van der Waals surface area contributed by atoms with Gasteiger partial charge in [0, 0.05) is 0 Å². The first-order chi connectivity index (χ1) is 7.00. The van der Waals surface area contributed by atoms with Crippen molar-refractivity contribution in [3.63, 3.8) is 0 Å². The van der Waals surface area contributed by atoms with Crippen LogP contribution >= 0.6 is 0 Å². The lowest BCUT2D eigenvalue weighted by atomic mass is 10.1. The zero-order valence-electron chi connectivity index (χ0n) is 8.70. The van der Waals surface area contributed by atoms with Gasteiger partial charge in [-0.25, -0.2) is 9.78 Å². The van der Waals surface area contributed by atoms with Crippen molar-refractivity contribution in [2.45, 2.75) is 51.4 Å². The molecule has 1 fully saturated rings. The summed E-state index contributed by atoms with van der Waals surface area (Å²) in [6.07, 6.45) is 9.68. The fourth-order valence-corrected chi connectivity index (χ4v) is 1.49. The van der Waals surface area contributed by atoms with E-state index < -0.39 is 0 Å². The third kappa shape index (κ3) is 7.26. The molecule has 0 N–H and O–H groups in total. The Bertz CT molecular complexity index is 65.4. The van der Waals surface area contributed by atoms with Crippen molar-refractivity contribution in [3.05, 3.63) is 0 Å². The van der Waals surface area contributed by atoms with E-state index in [1.54, 1.807) is 0 Å². The third-order valence-electron chi connectivity index (χ3n) is 2.33. The lowest BCUT2D eigenvalue weighted by Gasteiger charge is -2.05. The molecule has 14 heavy (non-hydrogen) atoms. The number of rotatable bonds is 0. The third-order valence-corrected chi connectivity index (χ3v) is 2.33. The van der Waals surface area contributed by atoms with Gasteiger partial charge in [-0.15, -0.1) is 0 Å². The molecule has 0 unspecified atom stereocenters. The second kappa shape index (κ2) is 9.40. The topological polar surface area (TPSA) is 36.9 Å². The SMILES string of the molecule is C1CCCCCOOOOCCCC1. The minimum Gasteiger partial charge on any atom is -0.204 e. The van der Waals surface area contributed by atoms with Crippen molar-refractivity contribution in [3.8, 4) is 0 Å². The van der Waals surface area contributed by atoms with E-state index in [-0.39, 0.29) is 0 Å². The minimum absolute atomic E-state index is 0.573. The second-order valence-electron chi connectivity index (χ2n) is 3.61. The van der Waals surface area contributed by atoms with Crippen molar-refractivity contribution < 1.29 is 19.9 Å². The summed E-state index contributed by atoms with van der Waals surface area (Å²) < 4.78 is 0. The highest BCUT2D eigenvalue weighted by Gasteiger charge is 1.97. The quantitative estimate of drug-likeness (QED) is 0.568. The lowest BCUT2D eigenvalue weighted by Crippen LogP contribution is -2.02. The number of hydrogen-bond donors (Lipinski definition) is 0. The molecule has 0 aromatic heterocycles. The molecule has 0 aromatic carbocycles. The molecule has 4 heteroatoms. The molecule has 0 aliphatic carbocycles. The van der Waals surface area contributed by atoms with E-state index in [9.17, 15) is 0 Å². The molecule has 84 valence electrons. The van der Waals surface area contributed by atoms with E-state index in [0.29, 0.717) is 13.2 Å². The monoisotopic (exact) mass is 204 g/mol. The largest absolute Gasteiger partial charge is 0.204 e. The van der Waals surface area contributed by atoms with Gasteiger partial charge in [-0.3, -0.25) is 0 Å². The van der Waals surface area contributed by atoms with Crippen molar-refractivity contribution in [1.82, 2.24) is 0 Å². The summed E-state index contributed by atoms with van der Waals surface area (Å²) in [5.41, 5.74) is 0. The average Bonchev–Trinajstić information content (AvgIpc) is 2.22. The summed E-state index contributed by atoms with van der Waals surface area (Å²) in [6, 6.07) is 0. The van der Waals surface area contributed by atoms with Gasteiger partial charge in [0.1, 0.15) is 0 Å². The Morgan fingerprint density at radius 1 is 0.429 bits per heavy atom. The fourth-order valence-electron chi connectivity index (χ4n) is 1.49. The van der Waals surface area contributed by atoms with E-state index in [0.717, 1.165) is 12.8 Å². The van der Waals surface area contributed by atoms with Crippen molar-refractivity contribution >= 4 is 0 Å². The van der Waals surface area contributed by atoms with Crippen LogP contribution in [0.4, 0.5) is 0 Å². The highest BCUT2D eigenvalue weighted by atomic mass is 17.7. The van der Waals surface area contributed by atoms with Crippen LogP contribution < -0.4 is 0 Å². The molecule has 0 amide bonds. The van der Waals surface area contributed by atoms with Gasteiger partial charge in [0.05, 0.1) is 13.2 Å². The average molecular weight is 204 g/mol. The van der Waals surface area contributed by atoms with Gasteiger partial charge in [0.15, 0.2) is 0 Å². The van der Waals surface area contributed by atoms with Crippen LogP contribution in [-0.4, -0.2) is 13.2 Å². The van der Waals surface area contributed by atoms with E-state index in [1.165, 1.54) is 38.5 Å². The Morgan fingerprint density at radius 2 is 0.786 bits per heavy atom. The standard InChI is InChI=1S/C10H20O4/c1-2-4-6-8-10-12-14-13-11-9-7-5-3-1/h1-10H2. The summed E-state index contributed by atoms with van der Waals surface area (Å²) in [5.74, 6) is 0. The molecule has 0 aromatic rings. The second-order valence-corrected chi connectivity index (χ2v) is 3.61. The van der Waals surface area contributed by atoms with E-state index in [2.05, 4.69) is 10.1 Å². The molecule has 1 aliphatic heterocycles. The van der Waals surface area contributed by atoms with Crippen LogP contribution in [-0.2, 0) is 19.9 Å². The molecule has 0 radical (unpaired) electrons. The first-order valence-electron chi connectivity index (χ1n) is 5.58. The van der Waals surface area contributed by atoms with Gasteiger partial charge < -0.3 is 0 Å². The van der Waals surface area contributed by atoms with Gasteiger partial charge >= 0.3 is 0 Å². The minimum atomic E-state index is 0.573. The van der Waals surface area contributed by atoms with Crippen LogP contribution in [0.5, 0.6) is 0 Å². The van der Waals surface area contributed by atoms with Gasteiger partial charge in [0.2, 0.25) is 0 Å². The molecule has 1 aliphatic rings. The van der Waals surface area contributed by atoms with Crippen LogP contribution in [0.2, 0.25) is 0 Å². The molecule has 1 heterocycles. The summed E-state index contributed by atoms with van der Waals surface area (Å²) in [7, 11) is 0. The Balaban J connectivity index is 2.00. The molecule has 0 atom stereocenters. The maximum absolute atomic E-state index is 4.73. The van der Waals surface area contributed by atoms with E-state index in [1.807, 2.05) is 0 Å². The Kier molecular flexibility index (Phi) is 8.00. The molecule has 0 saturated carbocycles. The molecule has 0 bridgehead atoms. The van der Waals surface area contributed by atoms with Crippen LogP contribution in [0.3, 0.4) is 0 Å². The van der Waals surface area contributed by atoms with Crippen molar-refractivity contribution in [2.75, 3.05) is 13.2 Å². The predicted molar refractivity (Wildman–Crippen MR) is 51.0 cm³/mol. The fraction of sp³-hybridized carbons (Fsp3) is 1.00. The van der Waals surface area contributed by atoms with Crippen LogP contribution in [0.25, 0.3) is 0 Å².